The SMILES string of the molecule is COc1ccc(Cl)c(Cl)c1[C@H]1C[C@@H](C2OC2(C)C)N(C(=O)OC(C)(C)C)C1. The van der Waals surface area contributed by atoms with E-state index in [9.17, 15) is 4.79 Å². The quantitative estimate of drug-likeness (QED) is 0.630. The van der Waals surface area contributed by atoms with Gasteiger partial charge in [-0.1, -0.05) is 23.2 Å². The van der Waals surface area contributed by atoms with Gasteiger partial charge in [0.2, 0.25) is 0 Å². The number of halogens is 2. The third-order valence-electron chi connectivity index (χ3n) is 5.10. The summed E-state index contributed by atoms with van der Waals surface area (Å²) in [6.07, 6.45) is 0.349. The van der Waals surface area contributed by atoms with Crippen LogP contribution in [-0.4, -0.2) is 48.0 Å². The highest BCUT2D eigenvalue weighted by molar-refractivity contribution is 6.42. The molecule has 2 saturated heterocycles. The van der Waals surface area contributed by atoms with Crippen LogP contribution in [0.5, 0.6) is 5.75 Å². The average molecular weight is 416 g/mol. The predicted molar refractivity (Wildman–Crippen MR) is 106 cm³/mol. The van der Waals surface area contributed by atoms with Gasteiger partial charge in [-0.25, -0.2) is 4.79 Å². The number of epoxide rings is 1. The molecule has 0 saturated carbocycles. The number of methoxy groups -OCH3 is 1. The third kappa shape index (κ3) is 4.15. The van der Waals surface area contributed by atoms with Crippen LogP contribution >= 0.6 is 23.2 Å². The number of hydrogen-bond donors (Lipinski definition) is 0. The summed E-state index contributed by atoms with van der Waals surface area (Å²) < 4.78 is 17.0. The lowest BCUT2D eigenvalue weighted by atomic mass is 9.92. The molecule has 0 spiro atoms. The van der Waals surface area contributed by atoms with E-state index in [4.69, 9.17) is 37.4 Å². The Labute approximate surface area is 170 Å². The second kappa shape index (κ2) is 7.02. The molecule has 1 aromatic carbocycles. The van der Waals surface area contributed by atoms with Gasteiger partial charge in [-0.2, -0.15) is 0 Å². The normalized spacial score (nSPS) is 26.8. The Balaban J connectivity index is 1.92. The van der Waals surface area contributed by atoms with E-state index in [1.54, 1.807) is 18.1 Å². The van der Waals surface area contributed by atoms with Crippen molar-refractivity contribution in [2.24, 2.45) is 0 Å². The first kappa shape index (κ1) is 20.6. The van der Waals surface area contributed by atoms with Gasteiger partial charge in [0, 0.05) is 18.0 Å². The molecule has 3 atom stereocenters. The van der Waals surface area contributed by atoms with E-state index >= 15 is 0 Å². The van der Waals surface area contributed by atoms with Crippen molar-refractivity contribution < 1.29 is 19.0 Å². The molecule has 150 valence electrons. The average Bonchev–Trinajstić information content (AvgIpc) is 2.99. The molecule has 1 aromatic rings. The minimum Gasteiger partial charge on any atom is -0.496 e. The topological polar surface area (TPSA) is 51.3 Å². The van der Waals surface area contributed by atoms with E-state index in [1.165, 1.54) is 0 Å². The first-order chi connectivity index (χ1) is 12.4. The lowest BCUT2D eigenvalue weighted by Gasteiger charge is -2.28. The Hall–Kier alpha value is -1.17. The van der Waals surface area contributed by atoms with E-state index in [1.807, 2.05) is 40.7 Å². The molecular weight excluding hydrogens is 389 g/mol. The molecular formula is C20H27Cl2NO4. The summed E-state index contributed by atoms with van der Waals surface area (Å²) in [4.78, 5) is 14.6. The minimum atomic E-state index is -0.564. The van der Waals surface area contributed by atoms with Gasteiger partial charge in [0.1, 0.15) is 17.5 Å². The standard InChI is InChI=1S/C20H27Cl2NO4/c1-19(2,3)27-18(24)23-10-11(9-13(23)17-20(4,5)26-17)15-14(25-6)8-7-12(21)16(15)22/h7-8,11,13,17H,9-10H2,1-6H3/t11-,13-,17?/m0/s1. The van der Waals surface area contributed by atoms with Crippen LogP contribution in [0.1, 0.15) is 52.5 Å². The largest absolute Gasteiger partial charge is 0.496 e. The van der Waals surface area contributed by atoms with Crippen LogP contribution in [0.3, 0.4) is 0 Å². The number of amides is 1. The van der Waals surface area contributed by atoms with Crippen molar-refractivity contribution >= 4 is 29.3 Å². The van der Waals surface area contributed by atoms with Gasteiger partial charge in [-0.15, -0.1) is 0 Å². The van der Waals surface area contributed by atoms with Crippen molar-refractivity contribution in [1.29, 1.82) is 0 Å². The fourth-order valence-electron chi connectivity index (χ4n) is 3.83. The van der Waals surface area contributed by atoms with Crippen LogP contribution in [0.15, 0.2) is 12.1 Å². The highest BCUT2D eigenvalue weighted by atomic mass is 35.5. The summed E-state index contributed by atoms with van der Waals surface area (Å²) in [5.41, 5.74) is 0.0220. The lowest BCUT2D eigenvalue weighted by Crippen LogP contribution is -2.43. The Morgan fingerprint density at radius 3 is 2.44 bits per heavy atom. The van der Waals surface area contributed by atoms with E-state index in [0.29, 0.717) is 28.8 Å². The Kier molecular flexibility index (Phi) is 5.34. The molecule has 0 bridgehead atoms. The zero-order chi connectivity index (χ0) is 20.1. The van der Waals surface area contributed by atoms with Crippen LogP contribution in [0, 0.1) is 0 Å². The van der Waals surface area contributed by atoms with Crippen molar-refractivity contribution in [2.45, 2.75) is 70.3 Å². The molecule has 7 heteroatoms. The summed E-state index contributed by atoms with van der Waals surface area (Å²) in [6, 6.07) is 3.45. The second-order valence-electron chi connectivity index (χ2n) is 8.75. The van der Waals surface area contributed by atoms with Crippen LogP contribution < -0.4 is 4.74 Å². The van der Waals surface area contributed by atoms with Crippen molar-refractivity contribution in [3.05, 3.63) is 27.7 Å². The van der Waals surface area contributed by atoms with E-state index in [0.717, 1.165) is 5.56 Å². The third-order valence-corrected chi connectivity index (χ3v) is 5.92. The highest BCUT2D eigenvalue weighted by Crippen LogP contribution is 2.49. The molecule has 0 aliphatic carbocycles. The maximum absolute atomic E-state index is 12.9. The van der Waals surface area contributed by atoms with Crippen LogP contribution in [0.2, 0.25) is 10.0 Å². The van der Waals surface area contributed by atoms with E-state index in [-0.39, 0.29) is 29.8 Å². The number of ether oxygens (including phenoxy) is 3. The van der Waals surface area contributed by atoms with Gasteiger partial charge in [0.05, 0.1) is 28.8 Å². The number of carbonyl (C=O) groups excluding carboxylic acids is 1. The summed E-state index contributed by atoms with van der Waals surface area (Å²) in [5.74, 6) is 0.666. The van der Waals surface area contributed by atoms with E-state index < -0.39 is 5.60 Å². The summed E-state index contributed by atoms with van der Waals surface area (Å²) in [5, 5.41) is 0.949. The summed E-state index contributed by atoms with van der Waals surface area (Å²) in [6.45, 7) is 10.1. The van der Waals surface area contributed by atoms with Crippen molar-refractivity contribution in [1.82, 2.24) is 4.90 Å². The molecule has 0 radical (unpaired) electrons. The molecule has 2 heterocycles. The number of hydrogen-bond acceptors (Lipinski definition) is 4. The van der Waals surface area contributed by atoms with E-state index in [2.05, 4.69) is 0 Å². The molecule has 1 unspecified atom stereocenters. The maximum Gasteiger partial charge on any atom is 0.410 e. The van der Waals surface area contributed by atoms with Crippen LogP contribution in [0.25, 0.3) is 0 Å². The van der Waals surface area contributed by atoms with Gasteiger partial charge in [-0.3, -0.25) is 0 Å². The van der Waals surface area contributed by atoms with Crippen LogP contribution in [0.4, 0.5) is 4.79 Å². The first-order valence-electron chi connectivity index (χ1n) is 9.14. The first-order valence-corrected chi connectivity index (χ1v) is 9.89. The molecule has 27 heavy (non-hydrogen) atoms. The number of likely N-dealkylation sites (tertiary alicyclic amines) is 1. The number of benzene rings is 1. The molecule has 0 N–H and O–H groups in total. The van der Waals surface area contributed by atoms with Crippen molar-refractivity contribution in [3.8, 4) is 5.75 Å². The Bertz CT molecular complexity index is 744. The molecule has 2 fully saturated rings. The highest BCUT2D eigenvalue weighted by Gasteiger charge is 2.58. The van der Waals surface area contributed by atoms with Gasteiger partial charge in [0.15, 0.2) is 0 Å². The lowest BCUT2D eigenvalue weighted by molar-refractivity contribution is 0.0202. The minimum absolute atomic E-state index is 0.0105. The summed E-state index contributed by atoms with van der Waals surface area (Å²) >= 11 is 12.8. The Morgan fingerprint density at radius 1 is 1.30 bits per heavy atom. The fourth-order valence-corrected chi connectivity index (χ4v) is 4.31. The van der Waals surface area contributed by atoms with Gasteiger partial charge >= 0.3 is 6.09 Å². The fraction of sp³-hybridized carbons (Fsp3) is 0.650. The molecule has 5 nitrogen and oxygen atoms in total. The van der Waals surface area contributed by atoms with Gasteiger partial charge < -0.3 is 19.1 Å². The zero-order valence-corrected chi connectivity index (χ0v) is 18.1. The molecule has 0 aromatic heterocycles. The number of rotatable bonds is 3. The summed E-state index contributed by atoms with van der Waals surface area (Å²) in [7, 11) is 1.61. The Morgan fingerprint density at radius 2 is 1.93 bits per heavy atom. The second-order valence-corrected chi connectivity index (χ2v) is 9.54. The number of carbonyl (C=O) groups is 1. The molecule has 1 amide bonds. The van der Waals surface area contributed by atoms with Gasteiger partial charge in [0.25, 0.3) is 0 Å². The van der Waals surface area contributed by atoms with Crippen molar-refractivity contribution in [3.63, 3.8) is 0 Å². The molecule has 2 aliphatic heterocycles. The predicted octanol–water partition coefficient (Wildman–Crippen LogP) is 5.27. The molecule has 3 rings (SSSR count). The van der Waals surface area contributed by atoms with Gasteiger partial charge in [-0.05, 0) is 53.2 Å². The monoisotopic (exact) mass is 415 g/mol. The number of nitrogens with zero attached hydrogens (tertiary/aromatic N) is 1. The van der Waals surface area contributed by atoms with Crippen LogP contribution in [-0.2, 0) is 9.47 Å². The zero-order valence-electron chi connectivity index (χ0n) is 16.6. The van der Waals surface area contributed by atoms with Crippen molar-refractivity contribution in [2.75, 3.05) is 13.7 Å². The molecule has 2 aliphatic rings. The maximum atomic E-state index is 12.9. The smallest absolute Gasteiger partial charge is 0.410 e.